The van der Waals surface area contributed by atoms with Crippen molar-refractivity contribution in [2.75, 3.05) is 4.90 Å². The zero-order chi connectivity index (χ0) is 22.9. The first-order chi connectivity index (χ1) is 15.8. The van der Waals surface area contributed by atoms with E-state index in [-0.39, 0.29) is 23.8 Å². The molecule has 166 valence electrons. The van der Waals surface area contributed by atoms with Crippen LogP contribution >= 0.6 is 0 Å². The Balaban J connectivity index is 1.61. The van der Waals surface area contributed by atoms with Crippen LogP contribution in [0.2, 0.25) is 0 Å². The number of aliphatic hydroxyl groups is 1. The first-order valence-electron chi connectivity index (χ1n) is 11.0. The molecule has 5 atom stereocenters. The van der Waals surface area contributed by atoms with Crippen LogP contribution in [0.5, 0.6) is 0 Å². The van der Waals surface area contributed by atoms with Crippen molar-refractivity contribution in [1.29, 1.82) is 0 Å². The molecule has 3 aromatic rings. The molecule has 2 N–H and O–H groups in total. The maximum Gasteiger partial charge on any atom is 0.262 e. The number of nitrogens with zero attached hydrogens (tertiary/aromatic N) is 4. The molecule has 8 rings (SSSR count). The normalized spacial score (nSPS) is 34.0. The summed E-state index contributed by atoms with van der Waals surface area (Å²) in [5, 5.41) is 15.7. The summed E-state index contributed by atoms with van der Waals surface area (Å²) in [6, 6.07) is 12.6. The van der Waals surface area contributed by atoms with Gasteiger partial charge in [-0.25, -0.2) is 9.88 Å². The molecule has 2 saturated heterocycles. The summed E-state index contributed by atoms with van der Waals surface area (Å²) in [5.74, 6) is -0.173. The van der Waals surface area contributed by atoms with Gasteiger partial charge in [0.25, 0.3) is 5.56 Å². The quantitative estimate of drug-likeness (QED) is 0.535. The standard InChI is InChI=1S/C24H21N5O4/c1-12-19(31)28-16-10-6-4-8-14(16)24(33)11-17-18(30)26-23(2,29(12)22(24)28)21-25-15-9-5-3-7-13(15)20(32)27(17)21/h3-10,12,17,22,33H,11H2,1-2H3,(H,26,30)/t12-,17+,22+,23-,24-/m1/s1. The molecule has 2 aromatic carbocycles. The van der Waals surface area contributed by atoms with E-state index in [1.165, 1.54) is 4.57 Å². The Bertz CT molecular complexity index is 1480. The average molecular weight is 443 g/mol. The summed E-state index contributed by atoms with van der Waals surface area (Å²) in [7, 11) is 0. The van der Waals surface area contributed by atoms with E-state index in [4.69, 9.17) is 4.98 Å². The molecule has 33 heavy (non-hydrogen) atoms. The van der Waals surface area contributed by atoms with Crippen LogP contribution in [0.1, 0.15) is 37.7 Å². The third-order valence-corrected chi connectivity index (χ3v) is 7.82. The second-order valence-corrected chi connectivity index (χ2v) is 9.52. The second-order valence-electron chi connectivity index (χ2n) is 9.52. The van der Waals surface area contributed by atoms with Gasteiger partial charge in [-0.2, -0.15) is 0 Å². The Morgan fingerprint density at radius 3 is 2.64 bits per heavy atom. The first kappa shape index (κ1) is 19.0. The highest BCUT2D eigenvalue weighted by Gasteiger charge is 2.69. The fourth-order valence-corrected chi connectivity index (χ4v) is 6.44. The molecule has 0 spiro atoms. The van der Waals surface area contributed by atoms with Crippen LogP contribution in [0.4, 0.5) is 5.69 Å². The number of rotatable bonds is 0. The number of nitrogens with one attached hydrogen (secondary N) is 1. The van der Waals surface area contributed by atoms with Gasteiger partial charge in [-0.1, -0.05) is 30.3 Å². The minimum absolute atomic E-state index is 0.0590. The van der Waals surface area contributed by atoms with Gasteiger partial charge in [-0.3, -0.25) is 23.9 Å². The van der Waals surface area contributed by atoms with E-state index in [1.807, 2.05) is 29.2 Å². The number of benzene rings is 2. The summed E-state index contributed by atoms with van der Waals surface area (Å²) in [6.45, 7) is 3.52. The molecule has 1 aromatic heterocycles. The lowest BCUT2D eigenvalue weighted by molar-refractivity contribution is -0.157. The van der Waals surface area contributed by atoms with Gasteiger partial charge >= 0.3 is 0 Å². The van der Waals surface area contributed by atoms with Crippen molar-refractivity contribution >= 4 is 28.4 Å². The SMILES string of the molecule is C[C@@H]1C(=O)N2c3ccccc3[C@]3(O)C[C@H]4C(=O)N[C@@](C)(c5nc6ccccc6c(=O)n54)N1[C@H]23. The van der Waals surface area contributed by atoms with Crippen molar-refractivity contribution in [2.24, 2.45) is 0 Å². The zero-order valence-electron chi connectivity index (χ0n) is 18.0. The number of hydrogen-bond acceptors (Lipinski definition) is 6. The third kappa shape index (κ3) is 1.97. The van der Waals surface area contributed by atoms with Gasteiger partial charge in [-0.15, -0.1) is 0 Å². The van der Waals surface area contributed by atoms with Crippen LogP contribution in [0.3, 0.4) is 0 Å². The smallest absolute Gasteiger partial charge is 0.262 e. The molecule has 9 heteroatoms. The number of para-hydroxylation sites is 2. The highest BCUT2D eigenvalue weighted by molar-refractivity contribution is 6.03. The zero-order valence-corrected chi connectivity index (χ0v) is 18.0. The van der Waals surface area contributed by atoms with Crippen LogP contribution in [0.25, 0.3) is 10.9 Å². The Morgan fingerprint density at radius 1 is 1.09 bits per heavy atom. The minimum atomic E-state index is -1.54. The lowest BCUT2D eigenvalue weighted by Crippen LogP contribution is -2.71. The summed E-state index contributed by atoms with van der Waals surface area (Å²) in [4.78, 5) is 48.9. The number of amides is 2. The molecule has 0 unspecified atom stereocenters. The lowest BCUT2D eigenvalue weighted by atomic mass is 9.81. The van der Waals surface area contributed by atoms with Crippen LogP contribution in [0.15, 0.2) is 53.3 Å². The molecular formula is C24H21N5O4. The van der Waals surface area contributed by atoms with Crippen LogP contribution in [-0.4, -0.2) is 43.6 Å². The van der Waals surface area contributed by atoms with E-state index in [0.717, 1.165) is 0 Å². The summed E-state index contributed by atoms with van der Waals surface area (Å²) in [5.41, 5.74) is -1.41. The highest BCUT2D eigenvalue weighted by atomic mass is 16.3. The molecule has 6 heterocycles. The van der Waals surface area contributed by atoms with E-state index in [0.29, 0.717) is 28.0 Å². The van der Waals surface area contributed by atoms with Gasteiger partial charge in [0.1, 0.15) is 17.8 Å². The summed E-state index contributed by atoms with van der Waals surface area (Å²) >= 11 is 0. The van der Waals surface area contributed by atoms with E-state index >= 15 is 0 Å². The van der Waals surface area contributed by atoms with Crippen molar-refractivity contribution < 1.29 is 14.7 Å². The van der Waals surface area contributed by atoms with E-state index in [2.05, 4.69) is 5.32 Å². The molecular weight excluding hydrogens is 422 g/mol. The van der Waals surface area contributed by atoms with Crippen LogP contribution in [0, 0.1) is 0 Å². The molecule has 2 fully saturated rings. The van der Waals surface area contributed by atoms with Crippen molar-refractivity contribution in [2.45, 2.75) is 49.8 Å². The van der Waals surface area contributed by atoms with Gasteiger partial charge < -0.3 is 10.4 Å². The molecule has 2 bridgehead atoms. The summed E-state index contributed by atoms with van der Waals surface area (Å²) in [6.07, 6.45) is -0.793. The Labute approximate surface area is 188 Å². The Kier molecular flexibility index (Phi) is 3.26. The average Bonchev–Trinajstić information content (AvgIpc) is 3.21. The number of carbonyl (C=O) groups is 2. The van der Waals surface area contributed by atoms with E-state index in [1.54, 1.807) is 43.0 Å². The van der Waals surface area contributed by atoms with Gasteiger partial charge in [0.05, 0.1) is 22.6 Å². The van der Waals surface area contributed by atoms with Crippen molar-refractivity contribution in [3.63, 3.8) is 0 Å². The Hall–Kier alpha value is -3.56. The number of hydrogen-bond donors (Lipinski definition) is 2. The van der Waals surface area contributed by atoms with Crippen molar-refractivity contribution in [3.05, 3.63) is 70.3 Å². The van der Waals surface area contributed by atoms with Gasteiger partial charge in [0, 0.05) is 12.0 Å². The fourth-order valence-electron chi connectivity index (χ4n) is 6.44. The molecule has 5 aliphatic heterocycles. The summed E-state index contributed by atoms with van der Waals surface area (Å²) < 4.78 is 1.43. The molecule has 0 aliphatic carbocycles. The van der Waals surface area contributed by atoms with Gasteiger partial charge in [0.15, 0.2) is 11.5 Å². The minimum Gasteiger partial charge on any atom is -0.381 e. The lowest BCUT2D eigenvalue weighted by Gasteiger charge is -2.53. The predicted molar refractivity (Wildman–Crippen MR) is 118 cm³/mol. The molecule has 2 amide bonds. The number of carbonyl (C=O) groups excluding carboxylic acids is 2. The van der Waals surface area contributed by atoms with E-state index < -0.39 is 29.5 Å². The molecule has 9 nitrogen and oxygen atoms in total. The molecule has 5 aliphatic rings. The van der Waals surface area contributed by atoms with E-state index in [9.17, 15) is 19.5 Å². The topological polar surface area (TPSA) is 108 Å². The van der Waals surface area contributed by atoms with Crippen molar-refractivity contribution in [3.8, 4) is 0 Å². The Morgan fingerprint density at radius 2 is 1.82 bits per heavy atom. The largest absolute Gasteiger partial charge is 0.381 e. The maximum atomic E-state index is 13.7. The van der Waals surface area contributed by atoms with Crippen LogP contribution < -0.4 is 15.8 Å². The van der Waals surface area contributed by atoms with Crippen LogP contribution in [-0.2, 0) is 20.9 Å². The van der Waals surface area contributed by atoms with Crippen molar-refractivity contribution in [1.82, 2.24) is 19.8 Å². The third-order valence-electron chi connectivity index (χ3n) is 7.82. The predicted octanol–water partition coefficient (Wildman–Crippen LogP) is 0.908. The number of anilines is 1. The maximum absolute atomic E-state index is 13.7. The molecule has 0 saturated carbocycles. The number of aromatic nitrogens is 2. The second kappa shape index (κ2) is 5.67. The number of fused-ring (bicyclic) bond motifs is 4. The fraction of sp³-hybridized carbons (Fsp3) is 0.333. The van der Waals surface area contributed by atoms with Gasteiger partial charge in [-0.05, 0) is 32.0 Å². The molecule has 0 radical (unpaired) electrons. The first-order valence-corrected chi connectivity index (χ1v) is 11.0. The van der Waals surface area contributed by atoms with Gasteiger partial charge in [0.2, 0.25) is 11.8 Å². The monoisotopic (exact) mass is 443 g/mol. The highest BCUT2D eigenvalue weighted by Crippen LogP contribution is 2.56.